The van der Waals surface area contributed by atoms with E-state index >= 15 is 0 Å². The Labute approximate surface area is 79.4 Å². The summed E-state index contributed by atoms with van der Waals surface area (Å²) in [5.41, 5.74) is 2.12. The van der Waals surface area contributed by atoms with Gasteiger partial charge >= 0.3 is 0 Å². The van der Waals surface area contributed by atoms with Crippen molar-refractivity contribution in [3.63, 3.8) is 0 Å². The lowest BCUT2D eigenvalue weighted by Gasteiger charge is -2.19. The number of rotatable bonds is 3. The van der Waals surface area contributed by atoms with Gasteiger partial charge in [0, 0.05) is 5.69 Å². The van der Waals surface area contributed by atoms with Crippen LogP contribution in [0.25, 0.3) is 0 Å². The zero-order chi connectivity index (χ0) is 10.0. The summed E-state index contributed by atoms with van der Waals surface area (Å²) in [6, 6.07) is 2.09. The van der Waals surface area contributed by atoms with Crippen molar-refractivity contribution in [2.75, 3.05) is 0 Å². The molecule has 1 heterocycles. The number of hydrogen-bond acceptors (Lipinski definition) is 2. The second kappa shape index (κ2) is 3.92. The lowest BCUT2D eigenvalue weighted by molar-refractivity contribution is 0.109. The van der Waals surface area contributed by atoms with Crippen molar-refractivity contribution in [1.29, 1.82) is 0 Å². The molecule has 3 nitrogen and oxygen atoms in total. The number of aliphatic hydroxyl groups is 1. The van der Waals surface area contributed by atoms with Crippen molar-refractivity contribution in [2.24, 2.45) is 0 Å². The molecule has 0 saturated heterocycles. The lowest BCUT2D eigenvalue weighted by Crippen LogP contribution is -2.22. The molecule has 1 aromatic rings. The summed E-state index contributed by atoms with van der Waals surface area (Å²) < 4.78 is 1.89. The molecule has 1 aromatic heterocycles. The Kier molecular flexibility index (Phi) is 3.09. The second-order valence-corrected chi connectivity index (χ2v) is 3.59. The highest BCUT2D eigenvalue weighted by atomic mass is 16.3. The normalized spacial score (nSPS) is 15.8. The highest BCUT2D eigenvalue weighted by molar-refractivity contribution is 5.07. The summed E-state index contributed by atoms with van der Waals surface area (Å²) in [5, 5.41) is 14.0. The topological polar surface area (TPSA) is 38.0 Å². The van der Waals surface area contributed by atoms with Crippen molar-refractivity contribution in [3.8, 4) is 0 Å². The Morgan fingerprint density at radius 1 is 1.54 bits per heavy atom. The van der Waals surface area contributed by atoms with Crippen LogP contribution in [-0.2, 0) is 0 Å². The summed E-state index contributed by atoms with van der Waals surface area (Å²) >= 11 is 0. The van der Waals surface area contributed by atoms with E-state index in [-0.39, 0.29) is 12.1 Å². The molecule has 0 fully saturated rings. The van der Waals surface area contributed by atoms with Crippen molar-refractivity contribution in [2.45, 2.75) is 46.3 Å². The number of nitrogens with zero attached hydrogens (tertiary/aromatic N) is 2. The van der Waals surface area contributed by atoms with Gasteiger partial charge in [-0.25, -0.2) is 0 Å². The van der Waals surface area contributed by atoms with Gasteiger partial charge in [-0.05, 0) is 33.3 Å². The molecule has 0 aromatic carbocycles. The molecule has 0 bridgehead atoms. The van der Waals surface area contributed by atoms with E-state index in [2.05, 4.69) is 5.10 Å². The largest absolute Gasteiger partial charge is 0.391 e. The van der Waals surface area contributed by atoms with Gasteiger partial charge in [0.15, 0.2) is 0 Å². The molecule has 1 N–H and O–H groups in total. The Balaban J connectivity index is 2.87. The van der Waals surface area contributed by atoms with Crippen LogP contribution in [0.3, 0.4) is 0 Å². The van der Waals surface area contributed by atoms with Crippen LogP contribution in [-0.4, -0.2) is 21.0 Å². The number of aryl methyl sites for hydroxylation is 2. The molecule has 0 saturated carbocycles. The smallest absolute Gasteiger partial charge is 0.0759 e. The van der Waals surface area contributed by atoms with Gasteiger partial charge in [0.05, 0.1) is 17.8 Å². The quantitative estimate of drug-likeness (QED) is 0.774. The average Bonchev–Trinajstić information content (AvgIpc) is 2.42. The minimum atomic E-state index is -0.307. The SMILES string of the molecule is CCC(O)C(C)n1nc(C)cc1C. The van der Waals surface area contributed by atoms with Gasteiger partial charge in [-0.1, -0.05) is 6.92 Å². The molecule has 2 unspecified atom stereocenters. The maximum Gasteiger partial charge on any atom is 0.0759 e. The first kappa shape index (κ1) is 10.3. The van der Waals surface area contributed by atoms with Crippen LogP contribution in [0.1, 0.15) is 37.7 Å². The van der Waals surface area contributed by atoms with E-state index in [4.69, 9.17) is 0 Å². The predicted octanol–water partition coefficient (Wildman–Crippen LogP) is 1.83. The van der Waals surface area contributed by atoms with Gasteiger partial charge in [-0.2, -0.15) is 5.10 Å². The summed E-state index contributed by atoms with van der Waals surface area (Å²) in [7, 11) is 0. The maximum atomic E-state index is 9.65. The molecule has 74 valence electrons. The summed E-state index contributed by atoms with van der Waals surface area (Å²) in [6.07, 6.45) is 0.456. The Morgan fingerprint density at radius 2 is 2.15 bits per heavy atom. The molecule has 2 atom stereocenters. The number of aliphatic hydroxyl groups excluding tert-OH is 1. The average molecular weight is 182 g/mol. The summed E-state index contributed by atoms with van der Waals surface area (Å²) in [5.74, 6) is 0. The van der Waals surface area contributed by atoms with Gasteiger partial charge in [-0.3, -0.25) is 4.68 Å². The minimum Gasteiger partial charge on any atom is -0.391 e. The van der Waals surface area contributed by atoms with E-state index in [1.807, 2.05) is 38.4 Å². The van der Waals surface area contributed by atoms with Crippen molar-refractivity contribution < 1.29 is 5.11 Å². The molecule has 0 amide bonds. The van der Waals surface area contributed by atoms with Crippen molar-refractivity contribution in [1.82, 2.24) is 9.78 Å². The van der Waals surface area contributed by atoms with Gasteiger partial charge in [0.25, 0.3) is 0 Å². The second-order valence-electron chi connectivity index (χ2n) is 3.59. The van der Waals surface area contributed by atoms with Crippen LogP contribution in [0.4, 0.5) is 0 Å². The number of aromatic nitrogens is 2. The highest BCUT2D eigenvalue weighted by Gasteiger charge is 2.16. The van der Waals surface area contributed by atoms with Crippen LogP contribution in [0, 0.1) is 13.8 Å². The third-order valence-electron chi connectivity index (χ3n) is 2.41. The predicted molar refractivity (Wildman–Crippen MR) is 52.7 cm³/mol. The van der Waals surface area contributed by atoms with E-state index in [0.717, 1.165) is 17.8 Å². The third-order valence-corrected chi connectivity index (χ3v) is 2.41. The number of hydrogen-bond donors (Lipinski definition) is 1. The van der Waals surface area contributed by atoms with Gasteiger partial charge in [-0.15, -0.1) is 0 Å². The molecule has 0 spiro atoms. The fourth-order valence-corrected chi connectivity index (χ4v) is 1.56. The zero-order valence-electron chi connectivity index (χ0n) is 8.78. The molecule has 1 rings (SSSR count). The summed E-state index contributed by atoms with van der Waals surface area (Å²) in [4.78, 5) is 0. The standard InChI is InChI=1S/C10H18N2O/c1-5-10(13)9(4)12-8(3)6-7(2)11-12/h6,9-10,13H,5H2,1-4H3. The molecule has 0 aliphatic rings. The Morgan fingerprint density at radius 3 is 2.54 bits per heavy atom. The minimum absolute atomic E-state index is 0.0682. The Bertz CT molecular complexity index is 280. The molecule has 13 heavy (non-hydrogen) atoms. The van der Waals surface area contributed by atoms with Crippen molar-refractivity contribution >= 4 is 0 Å². The molecule has 3 heteroatoms. The highest BCUT2D eigenvalue weighted by Crippen LogP contribution is 2.16. The first-order chi connectivity index (χ1) is 6.06. The zero-order valence-corrected chi connectivity index (χ0v) is 8.78. The maximum absolute atomic E-state index is 9.65. The van der Waals surface area contributed by atoms with E-state index in [1.165, 1.54) is 0 Å². The van der Waals surface area contributed by atoms with Crippen LogP contribution >= 0.6 is 0 Å². The molecule has 0 aliphatic heterocycles. The van der Waals surface area contributed by atoms with Crippen LogP contribution in [0.5, 0.6) is 0 Å². The summed E-state index contributed by atoms with van der Waals surface area (Å²) in [6.45, 7) is 7.95. The fraction of sp³-hybridized carbons (Fsp3) is 0.700. The van der Waals surface area contributed by atoms with Crippen LogP contribution in [0.15, 0.2) is 6.07 Å². The van der Waals surface area contributed by atoms with E-state index in [1.54, 1.807) is 0 Å². The van der Waals surface area contributed by atoms with E-state index in [0.29, 0.717) is 0 Å². The molecule has 0 radical (unpaired) electrons. The van der Waals surface area contributed by atoms with E-state index < -0.39 is 0 Å². The van der Waals surface area contributed by atoms with Crippen molar-refractivity contribution in [3.05, 3.63) is 17.5 Å². The van der Waals surface area contributed by atoms with E-state index in [9.17, 15) is 5.11 Å². The lowest BCUT2D eigenvalue weighted by atomic mass is 10.1. The first-order valence-electron chi connectivity index (χ1n) is 4.77. The molecule has 0 aliphatic carbocycles. The van der Waals surface area contributed by atoms with Gasteiger partial charge in [0.1, 0.15) is 0 Å². The van der Waals surface area contributed by atoms with Gasteiger partial charge < -0.3 is 5.11 Å². The third kappa shape index (κ3) is 2.10. The molecular formula is C10H18N2O. The monoisotopic (exact) mass is 182 g/mol. The molecular weight excluding hydrogens is 164 g/mol. The Hall–Kier alpha value is -0.830. The van der Waals surface area contributed by atoms with Crippen LogP contribution in [0.2, 0.25) is 0 Å². The first-order valence-corrected chi connectivity index (χ1v) is 4.77. The van der Waals surface area contributed by atoms with Crippen LogP contribution < -0.4 is 0 Å². The van der Waals surface area contributed by atoms with Gasteiger partial charge in [0.2, 0.25) is 0 Å². The fourth-order valence-electron chi connectivity index (χ4n) is 1.56.